The van der Waals surface area contributed by atoms with Crippen molar-refractivity contribution in [3.05, 3.63) is 29.8 Å². The lowest BCUT2D eigenvalue weighted by Gasteiger charge is -2.11. The van der Waals surface area contributed by atoms with Crippen LogP contribution in [0.3, 0.4) is 0 Å². The number of aliphatic carboxylic acids is 1. The number of nitrogens with one attached hydrogen (secondary N) is 2. The van der Waals surface area contributed by atoms with Crippen LogP contribution in [-0.4, -0.2) is 23.7 Å². The van der Waals surface area contributed by atoms with Crippen molar-refractivity contribution >= 4 is 17.7 Å². The van der Waals surface area contributed by atoms with Gasteiger partial charge in [-0.25, -0.2) is 4.79 Å². The van der Waals surface area contributed by atoms with Crippen LogP contribution in [0.4, 0.5) is 10.5 Å². The molecule has 1 saturated carbocycles. The Morgan fingerprint density at radius 2 is 1.90 bits per heavy atom. The second kappa shape index (κ2) is 5.94. The molecule has 0 atom stereocenters. The summed E-state index contributed by atoms with van der Waals surface area (Å²) in [6, 6.07) is 7.05. The lowest BCUT2D eigenvalue weighted by molar-refractivity contribution is -0.136. The van der Waals surface area contributed by atoms with E-state index >= 15 is 0 Å². The van der Waals surface area contributed by atoms with Gasteiger partial charge in [-0.2, -0.15) is 0 Å². The summed E-state index contributed by atoms with van der Waals surface area (Å²) in [7, 11) is 0. The van der Waals surface area contributed by atoms with Crippen molar-refractivity contribution in [3.8, 4) is 0 Å². The van der Waals surface area contributed by atoms with E-state index in [0.717, 1.165) is 5.56 Å². The maximum absolute atomic E-state index is 11.7. The van der Waals surface area contributed by atoms with Gasteiger partial charge < -0.3 is 15.7 Å². The number of urea groups is 1. The van der Waals surface area contributed by atoms with Crippen molar-refractivity contribution in [2.45, 2.75) is 32.6 Å². The average molecular weight is 276 g/mol. The zero-order valence-electron chi connectivity index (χ0n) is 11.6. The first-order valence-corrected chi connectivity index (χ1v) is 6.82. The maximum Gasteiger partial charge on any atom is 0.319 e. The Kier molecular flexibility index (Phi) is 4.27. The summed E-state index contributed by atoms with van der Waals surface area (Å²) in [6.45, 7) is 2.86. The zero-order chi connectivity index (χ0) is 14.6. The van der Waals surface area contributed by atoms with Gasteiger partial charge in [0.05, 0.1) is 0 Å². The number of aryl methyl sites for hydroxylation is 1. The van der Waals surface area contributed by atoms with Gasteiger partial charge in [0, 0.05) is 18.7 Å². The van der Waals surface area contributed by atoms with E-state index in [1.54, 1.807) is 12.1 Å². The van der Waals surface area contributed by atoms with Gasteiger partial charge in [-0.3, -0.25) is 4.79 Å². The van der Waals surface area contributed by atoms with Crippen molar-refractivity contribution in [1.29, 1.82) is 0 Å². The third-order valence-corrected chi connectivity index (χ3v) is 3.62. The van der Waals surface area contributed by atoms with Gasteiger partial charge in [-0.05, 0) is 42.4 Å². The van der Waals surface area contributed by atoms with E-state index < -0.39 is 5.97 Å². The van der Waals surface area contributed by atoms with Crippen LogP contribution in [0.5, 0.6) is 0 Å². The van der Waals surface area contributed by atoms with Gasteiger partial charge in [0.1, 0.15) is 0 Å². The van der Waals surface area contributed by atoms with E-state index in [1.165, 1.54) is 12.8 Å². The number of carbonyl (C=O) groups excluding carboxylic acids is 1. The normalized spacial score (nSPS) is 15.4. The van der Waals surface area contributed by atoms with Crippen LogP contribution >= 0.6 is 0 Å². The third kappa shape index (κ3) is 4.57. The molecule has 5 heteroatoms. The summed E-state index contributed by atoms with van der Waals surface area (Å²) in [6.07, 6.45) is 2.96. The predicted octanol–water partition coefficient (Wildman–Crippen LogP) is 2.63. The number of carboxylic acids is 1. The minimum absolute atomic E-state index is 0.117. The predicted molar refractivity (Wildman–Crippen MR) is 76.8 cm³/mol. The number of carbonyl (C=O) groups is 2. The summed E-state index contributed by atoms with van der Waals surface area (Å²) in [4.78, 5) is 22.2. The van der Waals surface area contributed by atoms with Crippen molar-refractivity contribution in [1.82, 2.24) is 5.32 Å². The first kappa shape index (κ1) is 14.4. The molecule has 0 spiro atoms. The number of carboxylic acid groups (broad SMARTS) is 1. The summed E-state index contributed by atoms with van der Waals surface area (Å²) in [5.41, 5.74) is 1.95. The van der Waals surface area contributed by atoms with Gasteiger partial charge >= 0.3 is 12.0 Å². The highest BCUT2D eigenvalue weighted by Crippen LogP contribution is 2.43. The summed E-state index contributed by atoms with van der Waals surface area (Å²) < 4.78 is 0. The third-order valence-electron chi connectivity index (χ3n) is 3.62. The van der Waals surface area contributed by atoms with Crippen molar-refractivity contribution < 1.29 is 14.7 Å². The van der Waals surface area contributed by atoms with Crippen LogP contribution in [0, 0.1) is 5.41 Å². The Hall–Kier alpha value is -2.04. The zero-order valence-corrected chi connectivity index (χ0v) is 11.6. The molecule has 2 amide bonds. The molecule has 1 fully saturated rings. The molecular formula is C15H20N2O3. The minimum atomic E-state index is -0.805. The molecule has 0 heterocycles. The van der Waals surface area contributed by atoms with Crippen molar-refractivity contribution in [2.75, 3.05) is 11.9 Å². The highest BCUT2D eigenvalue weighted by molar-refractivity contribution is 5.89. The molecule has 0 bridgehead atoms. The molecule has 1 aliphatic rings. The molecule has 0 aromatic heterocycles. The van der Waals surface area contributed by atoms with Crippen LogP contribution < -0.4 is 10.6 Å². The summed E-state index contributed by atoms with van der Waals surface area (Å²) in [5.74, 6) is -0.805. The Morgan fingerprint density at radius 3 is 2.45 bits per heavy atom. The van der Waals surface area contributed by atoms with E-state index in [0.29, 0.717) is 18.7 Å². The molecule has 0 aliphatic heterocycles. The van der Waals surface area contributed by atoms with Gasteiger partial charge in [-0.15, -0.1) is 0 Å². The number of hydrogen-bond donors (Lipinski definition) is 3. The highest BCUT2D eigenvalue weighted by Gasteiger charge is 2.37. The molecule has 0 radical (unpaired) electrons. The van der Waals surface area contributed by atoms with Crippen LogP contribution in [0.1, 0.15) is 31.7 Å². The molecular weight excluding hydrogens is 256 g/mol. The molecule has 0 saturated heterocycles. The van der Waals surface area contributed by atoms with Crippen LogP contribution in [0.2, 0.25) is 0 Å². The fourth-order valence-corrected chi connectivity index (χ4v) is 1.87. The number of amides is 2. The average Bonchev–Trinajstić information content (AvgIpc) is 3.14. The maximum atomic E-state index is 11.7. The molecule has 5 nitrogen and oxygen atoms in total. The smallest absolute Gasteiger partial charge is 0.319 e. The standard InChI is InChI=1S/C15H20N2O3/c1-15(8-9-15)10-16-14(20)17-12-5-2-11(3-6-12)4-7-13(18)19/h2-3,5-6H,4,7-10H2,1H3,(H,18,19)(H2,16,17,20). The van der Waals surface area contributed by atoms with E-state index in [1.807, 2.05) is 12.1 Å². The molecule has 20 heavy (non-hydrogen) atoms. The van der Waals surface area contributed by atoms with E-state index in [-0.39, 0.29) is 17.9 Å². The lowest BCUT2D eigenvalue weighted by atomic mass is 10.1. The minimum Gasteiger partial charge on any atom is -0.481 e. The SMILES string of the molecule is CC1(CNC(=O)Nc2ccc(CCC(=O)O)cc2)CC1. The van der Waals surface area contributed by atoms with Crippen LogP contribution in [0.15, 0.2) is 24.3 Å². The quantitative estimate of drug-likeness (QED) is 0.747. The van der Waals surface area contributed by atoms with E-state index in [4.69, 9.17) is 5.11 Å². The summed E-state index contributed by atoms with van der Waals surface area (Å²) >= 11 is 0. The monoisotopic (exact) mass is 276 g/mol. The molecule has 2 rings (SSSR count). The highest BCUT2D eigenvalue weighted by atomic mass is 16.4. The molecule has 3 N–H and O–H groups in total. The van der Waals surface area contributed by atoms with E-state index in [2.05, 4.69) is 17.6 Å². The van der Waals surface area contributed by atoms with Gasteiger partial charge in [0.2, 0.25) is 0 Å². The van der Waals surface area contributed by atoms with Gasteiger partial charge in [0.15, 0.2) is 0 Å². The second-order valence-corrected chi connectivity index (χ2v) is 5.71. The first-order chi connectivity index (χ1) is 9.47. The molecule has 0 unspecified atom stereocenters. The molecule has 1 aromatic carbocycles. The largest absolute Gasteiger partial charge is 0.481 e. The fourth-order valence-electron chi connectivity index (χ4n) is 1.87. The van der Waals surface area contributed by atoms with Crippen LogP contribution in [0.25, 0.3) is 0 Å². The molecule has 1 aliphatic carbocycles. The number of hydrogen-bond acceptors (Lipinski definition) is 2. The second-order valence-electron chi connectivity index (χ2n) is 5.71. The van der Waals surface area contributed by atoms with Gasteiger partial charge in [0.25, 0.3) is 0 Å². The fraction of sp³-hybridized carbons (Fsp3) is 0.467. The van der Waals surface area contributed by atoms with E-state index in [9.17, 15) is 9.59 Å². The molecule has 108 valence electrons. The van der Waals surface area contributed by atoms with Gasteiger partial charge in [-0.1, -0.05) is 19.1 Å². The Balaban J connectivity index is 1.77. The Labute approximate surface area is 118 Å². The lowest BCUT2D eigenvalue weighted by Crippen LogP contribution is -2.32. The van der Waals surface area contributed by atoms with Crippen molar-refractivity contribution in [3.63, 3.8) is 0 Å². The van der Waals surface area contributed by atoms with Crippen molar-refractivity contribution in [2.24, 2.45) is 5.41 Å². The number of anilines is 1. The van der Waals surface area contributed by atoms with Crippen LogP contribution in [-0.2, 0) is 11.2 Å². The topological polar surface area (TPSA) is 78.4 Å². The number of rotatable bonds is 6. The Bertz CT molecular complexity index is 492. The molecule has 1 aromatic rings. The number of benzene rings is 1. The Morgan fingerprint density at radius 1 is 1.25 bits per heavy atom. The summed E-state index contributed by atoms with van der Waals surface area (Å²) in [5, 5.41) is 14.2. The first-order valence-electron chi connectivity index (χ1n) is 6.82.